The van der Waals surface area contributed by atoms with Crippen LogP contribution in [0, 0.1) is 10.1 Å². The van der Waals surface area contributed by atoms with Crippen molar-refractivity contribution in [3.63, 3.8) is 0 Å². The van der Waals surface area contributed by atoms with E-state index in [1.54, 1.807) is 0 Å². The molecule has 1 N–H and O–H groups in total. The summed E-state index contributed by atoms with van der Waals surface area (Å²) in [5, 5.41) is 19.1. The number of hydrogen-bond acceptors (Lipinski definition) is 6. The molecular weight excluding hydrogens is 290 g/mol. The van der Waals surface area contributed by atoms with Crippen LogP contribution in [0.1, 0.15) is 37.6 Å². The van der Waals surface area contributed by atoms with E-state index < -0.39 is 4.92 Å². The Morgan fingerprint density at radius 1 is 1.52 bits per heavy atom. The van der Waals surface area contributed by atoms with E-state index in [2.05, 4.69) is 33.9 Å². The molecule has 0 unspecified atom stereocenters. The lowest BCUT2D eigenvalue weighted by Crippen LogP contribution is -2.28. The highest BCUT2D eigenvalue weighted by molar-refractivity contribution is 7.18. The molecule has 21 heavy (non-hydrogen) atoms. The molecular formula is C13H17N5O2S. The number of aromatic nitrogens is 3. The molecule has 0 aromatic carbocycles. The van der Waals surface area contributed by atoms with Gasteiger partial charge >= 0.3 is 5.00 Å². The summed E-state index contributed by atoms with van der Waals surface area (Å²) in [6.07, 6.45) is 6.11. The van der Waals surface area contributed by atoms with Crippen LogP contribution in [0.3, 0.4) is 0 Å². The van der Waals surface area contributed by atoms with Gasteiger partial charge in [0.25, 0.3) is 0 Å². The van der Waals surface area contributed by atoms with Crippen LogP contribution < -0.4 is 5.32 Å². The second kappa shape index (κ2) is 5.44. The van der Waals surface area contributed by atoms with E-state index in [-0.39, 0.29) is 11.0 Å². The Labute approximate surface area is 126 Å². The fourth-order valence-electron chi connectivity index (χ4n) is 2.68. The summed E-state index contributed by atoms with van der Waals surface area (Å²) in [4.78, 5) is 14.4. The second-order valence-corrected chi connectivity index (χ2v) is 6.51. The third kappa shape index (κ3) is 2.76. The van der Waals surface area contributed by atoms with Gasteiger partial charge in [0, 0.05) is 24.2 Å². The molecule has 1 aliphatic rings. The van der Waals surface area contributed by atoms with Crippen molar-refractivity contribution in [3.8, 4) is 0 Å². The molecule has 0 saturated carbocycles. The monoisotopic (exact) mass is 307 g/mol. The Morgan fingerprint density at radius 2 is 2.33 bits per heavy atom. The molecule has 0 aliphatic heterocycles. The molecule has 0 amide bonds. The molecule has 8 heteroatoms. The van der Waals surface area contributed by atoms with Crippen molar-refractivity contribution in [3.05, 3.63) is 33.8 Å². The molecule has 7 nitrogen and oxygen atoms in total. The van der Waals surface area contributed by atoms with Gasteiger partial charge in [-0.15, -0.1) is 0 Å². The Kier molecular flexibility index (Phi) is 3.62. The smallest absolute Gasteiger partial charge is 0.345 e. The number of rotatable bonds is 4. The Hall–Kier alpha value is -1.96. The van der Waals surface area contributed by atoms with Gasteiger partial charge < -0.3 is 5.32 Å². The Morgan fingerprint density at radius 3 is 3.00 bits per heavy atom. The largest absolute Gasteiger partial charge is 0.358 e. The minimum absolute atomic E-state index is 0.0706. The molecule has 2 aromatic rings. The number of thiazole rings is 1. The van der Waals surface area contributed by atoms with E-state index in [1.807, 2.05) is 6.20 Å². The minimum atomic E-state index is -0.407. The molecule has 1 aliphatic carbocycles. The van der Waals surface area contributed by atoms with Crippen molar-refractivity contribution in [1.29, 1.82) is 0 Å². The van der Waals surface area contributed by atoms with Crippen LogP contribution in [0.4, 0.5) is 10.1 Å². The fraction of sp³-hybridized carbons (Fsp3) is 0.538. The lowest BCUT2D eigenvalue weighted by molar-refractivity contribution is -0.380. The lowest BCUT2D eigenvalue weighted by atomic mass is 9.93. The summed E-state index contributed by atoms with van der Waals surface area (Å²) >= 11 is 1.08. The number of anilines is 1. The molecule has 0 fully saturated rings. The minimum Gasteiger partial charge on any atom is -0.358 e. The van der Waals surface area contributed by atoms with Crippen LogP contribution >= 0.6 is 11.3 Å². The zero-order valence-electron chi connectivity index (χ0n) is 11.9. The van der Waals surface area contributed by atoms with Crippen molar-refractivity contribution in [2.24, 2.45) is 0 Å². The van der Waals surface area contributed by atoms with E-state index in [1.165, 1.54) is 17.5 Å². The van der Waals surface area contributed by atoms with Crippen molar-refractivity contribution >= 4 is 21.5 Å². The molecule has 0 radical (unpaired) electrons. The summed E-state index contributed by atoms with van der Waals surface area (Å²) in [7, 11) is 0. The van der Waals surface area contributed by atoms with Gasteiger partial charge in [-0.1, -0.05) is 0 Å². The summed E-state index contributed by atoms with van der Waals surface area (Å²) in [5.41, 5.74) is 2.58. The highest BCUT2D eigenvalue weighted by atomic mass is 32.1. The zero-order chi connectivity index (χ0) is 15.0. The van der Waals surface area contributed by atoms with Gasteiger partial charge in [-0.2, -0.15) is 5.10 Å². The Bertz CT molecular complexity index is 663. The number of fused-ring (bicyclic) bond motifs is 1. The van der Waals surface area contributed by atoms with Crippen LogP contribution in [-0.2, 0) is 12.8 Å². The van der Waals surface area contributed by atoms with Crippen LogP contribution in [0.15, 0.2) is 12.4 Å². The summed E-state index contributed by atoms with van der Waals surface area (Å²) in [6, 6.07) is 0.589. The molecule has 3 rings (SSSR count). The SMILES string of the molecule is CC(C)n1ncc2c1C[C@@H](Nc1ncc([N+](=O)[O-])s1)CC2. The van der Waals surface area contributed by atoms with Gasteiger partial charge in [0.1, 0.15) is 6.20 Å². The summed E-state index contributed by atoms with van der Waals surface area (Å²) < 4.78 is 2.06. The standard InChI is InChI=1S/C13H17N5O2S/c1-8(2)17-11-5-10(4-3-9(11)6-15-17)16-13-14-7-12(21-13)18(19)20/h6-8,10H,3-5H2,1-2H3,(H,14,16)/t10-/m0/s1. The van der Waals surface area contributed by atoms with Crippen LogP contribution in [0.2, 0.25) is 0 Å². The molecule has 0 saturated heterocycles. The van der Waals surface area contributed by atoms with Gasteiger partial charge in [0.05, 0.1) is 11.1 Å². The van der Waals surface area contributed by atoms with E-state index in [4.69, 9.17) is 0 Å². The normalized spacial score (nSPS) is 17.8. The quantitative estimate of drug-likeness (QED) is 0.693. The summed E-state index contributed by atoms with van der Waals surface area (Å²) in [6.45, 7) is 4.24. The molecule has 2 aromatic heterocycles. The average molecular weight is 307 g/mol. The fourth-order valence-corrected chi connectivity index (χ4v) is 3.39. The maximum absolute atomic E-state index is 10.7. The highest BCUT2D eigenvalue weighted by Gasteiger charge is 2.24. The van der Waals surface area contributed by atoms with Gasteiger partial charge in [0.2, 0.25) is 0 Å². The van der Waals surface area contributed by atoms with Crippen molar-refractivity contribution in [1.82, 2.24) is 14.8 Å². The van der Waals surface area contributed by atoms with Crippen LogP contribution in [0.5, 0.6) is 0 Å². The van der Waals surface area contributed by atoms with Gasteiger partial charge in [-0.05, 0) is 43.6 Å². The molecule has 112 valence electrons. The number of aryl methyl sites for hydroxylation is 1. The average Bonchev–Trinajstić information content (AvgIpc) is 3.04. The molecule has 1 atom stereocenters. The third-order valence-electron chi connectivity index (χ3n) is 3.68. The lowest BCUT2D eigenvalue weighted by Gasteiger charge is -2.24. The van der Waals surface area contributed by atoms with Crippen LogP contribution in [0.25, 0.3) is 0 Å². The maximum Gasteiger partial charge on any atom is 0.345 e. The van der Waals surface area contributed by atoms with Crippen molar-refractivity contribution < 1.29 is 4.92 Å². The number of hydrogen-bond donors (Lipinski definition) is 1. The molecule has 0 bridgehead atoms. The van der Waals surface area contributed by atoms with E-state index in [0.717, 1.165) is 30.6 Å². The van der Waals surface area contributed by atoms with Crippen LogP contribution in [-0.4, -0.2) is 25.7 Å². The first-order chi connectivity index (χ1) is 10.0. The van der Waals surface area contributed by atoms with Gasteiger partial charge in [0.15, 0.2) is 5.13 Å². The van der Waals surface area contributed by atoms with Crippen molar-refractivity contribution in [2.45, 2.75) is 45.2 Å². The first-order valence-corrected chi connectivity index (χ1v) is 7.78. The maximum atomic E-state index is 10.7. The van der Waals surface area contributed by atoms with Crippen molar-refractivity contribution in [2.75, 3.05) is 5.32 Å². The van der Waals surface area contributed by atoms with E-state index in [0.29, 0.717) is 11.2 Å². The first-order valence-electron chi connectivity index (χ1n) is 6.96. The van der Waals surface area contributed by atoms with E-state index >= 15 is 0 Å². The van der Waals surface area contributed by atoms with E-state index in [9.17, 15) is 10.1 Å². The third-order valence-corrected chi connectivity index (χ3v) is 4.56. The van der Waals surface area contributed by atoms with Gasteiger partial charge in [-0.3, -0.25) is 14.8 Å². The first kappa shape index (κ1) is 14.0. The predicted octanol–water partition coefficient (Wildman–Crippen LogP) is 2.80. The number of nitro groups is 1. The zero-order valence-corrected chi connectivity index (χ0v) is 12.8. The Balaban J connectivity index is 1.73. The summed E-state index contributed by atoms with van der Waals surface area (Å²) in [5.74, 6) is 0. The molecule has 0 spiro atoms. The topological polar surface area (TPSA) is 85.9 Å². The predicted molar refractivity (Wildman–Crippen MR) is 80.8 cm³/mol. The second-order valence-electron chi connectivity index (χ2n) is 5.50. The highest BCUT2D eigenvalue weighted by Crippen LogP contribution is 2.29. The number of nitrogens with zero attached hydrogens (tertiary/aromatic N) is 4. The van der Waals surface area contributed by atoms with Gasteiger partial charge in [-0.25, -0.2) is 4.98 Å². The molecule has 2 heterocycles. The number of nitrogens with one attached hydrogen (secondary N) is 1.